The van der Waals surface area contributed by atoms with E-state index in [0.29, 0.717) is 6.04 Å². The predicted octanol–water partition coefficient (Wildman–Crippen LogP) is 3.25. The van der Waals surface area contributed by atoms with Crippen LogP contribution in [0.25, 0.3) is 0 Å². The van der Waals surface area contributed by atoms with Crippen LogP contribution in [0.1, 0.15) is 24.5 Å². The Bertz CT molecular complexity index is 316. The van der Waals surface area contributed by atoms with Crippen LogP contribution in [-0.4, -0.2) is 13.1 Å². The van der Waals surface area contributed by atoms with Gasteiger partial charge in [-0.15, -0.1) is 0 Å². The lowest BCUT2D eigenvalue weighted by Gasteiger charge is -2.10. The molecule has 0 aromatic heterocycles. The van der Waals surface area contributed by atoms with Crippen molar-refractivity contribution in [1.82, 2.24) is 5.32 Å². The van der Waals surface area contributed by atoms with Gasteiger partial charge in [-0.05, 0) is 44.5 Å². The molecule has 1 N–H and O–H groups in total. The van der Waals surface area contributed by atoms with Gasteiger partial charge in [0.1, 0.15) is 0 Å². The molecule has 16 heavy (non-hydrogen) atoms. The van der Waals surface area contributed by atoms with Crippen LogP contribution < -0.4 is 5.32 Å². The lowest BCUT2D eigenvalue weighted by atomic mass is 10.0. The second kappa shape index (κ2) is 5.34. The largest absolute Gasteiger partial charge is 0.416 e. The molecule has 0 aliphatic rings. The maximum atomic E-state index is 12.3. The number of hydrogen-bond acceptors (Lipinski definition) is 1. The Labute approximate surface area is 93.7 Å². The molecule has 0 heterocycles. The van der Waals surface area contributed by atoms with Gasteiger partial charge in [0.05, 0.1) is 5.56 Å². The van der Waals surface area contributed by atoms with Gasteiger partial charge in [0.15, 0.2) is 0 Å². The van der Waals surface area contributed by atoms with Gasteiger partial charge in [0, 0.05) is 6.04 Å². The third kappa shape index (κ3) is 3.85. The molecule has 1 nitrogen and oxygen atoms in total. The summed E-state index contributed by atoms with van der Waals surface area (Å²) in [6.45, 7) is 2.05. The van der Waals surface area contributed by atoms with Gasteiger partial charge in [0.25, 0.3) is 0 Å². The molecule has 1 unspecified atom stereocenters. The Morgan fingerprint density at radius 2 is 1.75 bits per heavy atom. The maximum absolute atomic E-state index is 12.3. The van der Waals surface area contributed by atoms with Crippen LogP contribution in [0.4, 0.5) is 13.2 Å². The van der Waals surface area contributed by atoms with Crippen LogP contribution in [0.2, 0.25) is 0 Å². The van der Waals surface area contributed by atoms with E-state index >= 15 is 0 Å². The summed E-state index contributed by atoms with van der Waals surface area (Å²) in [5.41, 5.74) is 0.355. The molecule has 0 aliphatic heterocycles. The molecule has 1 atom stereocenters. The van der Waals surface area contributed by atoms with E-state index in [0.717, 1.165) is 30.5 Å². The Hall–Kier alpha value is -1.03. The van der Waals surface area contributed by atoms with Crippen LogP contribution >= 0.6 is 0 Å². The van der Waals surface area contributed by atoms with E-state index in [9.17, 15) is 13.2 Å². The van der Waals surface area contributed by atoms with Crippen molar-refractivity contribution in [3.8, 4) is 0 Å². The van der Waals surface area contributed by atoms with Crippen LogP contribution in [0.15, 0.2) is 24.3 Å². The van der Waals surface area contributed by atoms with Gasteiger partial charge in [0.2, 0.25) is 0 Å². The maximum Gasteiger partial charge on any atom is 0.416 e. The smallest absolute Gasteiger partial charge is 0.317 e. The number of hydrogen-bond donors (Lipinski definition) is 1. The van der Waals surface area contributed by atoms with Crippen molar-refractivity contribution in [1.29, 1.82) is 0 Å². The molecule has 0 amide bonds. The molecule has 0 aliphatic carbocycles. The van der Waals surface area contributed by atoms with E-state index in [1.165, 1.54) is 0 Å². The minimum atomic E-state index is -4.24. The van der Waals surface area contributed by atoms with E-state index in [1.54, 1.807) is 12.1 Å². The Morgan fingerprint density at radius 1 is 1.19 bits per heavy atom. The second-order valence-corrected chi connectivity index (χ2v) is 3.92. The zero-order valence-corrected chi connectivity index (χ0v) is 9.43. The van der Waals surface area contributed by atoms with Crippen LogP contribution in [0.3, 0.4) is 0 Å². The third-order valence-corrected chi connectivity index (χ3v) is 2.64. The minimum Gasteiger partial charge on any atom is -0.317 e. The summed E-state index contributed by atoms with van der Waals surface area (Å²) in [6.07, 6.45) is -2.53. The fourth-order valence-electron chi connectivity index (χ4n) is 1.39. The molecule has 0 radical (unpaired) electrons. The quantitative estimate of drug-likeness (QED) is 0.838. The summed E-state index contributed by atoms with van der Waals surface area (Å²) in [7, 11) is 1.87. The first-order valence-electron chi connectivity index (χ1n) is 5.27. The Kier molecular flexibility index (Phi) is 4.35. The highest BCUT2D eigenvalue weighted by Crippen LogP contribution is 2.29. The number of alkyl halides is 3. The number of halogens is 3. The molecule has 1 aromatic carbocycles. The van der Waals surface area contributed by atoms with Crippen molar-refractivity contribution in [3.63, 3.8) is 0 Å². The minimum absolute atomic E-state index is 0.377. The van der Waals surface area contributed by atoms with Crippen molar-refractivity contribution in [3.05, 3.63) is 35.4 Å². The van der Waals surface area contributed by atoms with Crippen molar-refractivity contribution in [2.75, 3.05) is 7.05 Å². The lowest BCUT2D eigenvalue weighted by Crippen LogP contribution is -2.21. The fourth-order valence-corrected chi connectivity index (χ4v) is 1.39. The summed E-state index contributed by atoms with van der Waals surface area (Å²) in [4.78, 5) is 0. The molecule has 0 spiro atoms. The molecule has 0 fully saturated rings. The monoisotopic (exact) mass is 231 g/mol. The zero-order chi connectivity index (χ0) is 12.2. The SMILES string of the molecule is CNC(C)CCc1ccc(C(F)(F)F)cc1. The molecular formula is C12H16F3N. The van der Waals surface area contributed by atoms with Gasteiger partial charge in [-0.1, -0.05) is 12.1 Å². The van der Waals surface area contributed by atoms with Gasteiger partial charge < -0.3 is 5.32 Å². The van der Waals surface area contributed by atoms with Crippen molar-refractivity contribution < 1.29 is 13.2 Å². The first kappa shape index (κ1) is 13.0. The van der Waals surface area contributed by atoms with Gasteiger partial charge >= 0.3 is 6.18 Å². The van der Waals surface area contributed by atoms with E-state index in [4.69, 9.17) is 0 Å². The van der Waals surface area contributed by atoms with E-state index in [1.807, 2.05) is 14.0 Å². The first-order chi connectivity index (χ1) is 7.43. The zero-order valence-electron chi connectivity index (χ0n) is 9.43. The van der Waals surface area contributed by atoms with Gasteiger partial charge in [-0.3, -0.25) is 0 Å². The highest BCUT2D eigenvalue weighted by Gasteiger charge is 2.29. The summed E-state index contributed by atoms with van der Waals surface area (Å²) >= 11 is 0. The molecule has 0 saturated heterocycles. The topological polar surface area (TPSA) is 12.0 Å². The van der Waals surface area contributed by atoms with E-state index in [2.05, 4.69) is 5.32 Å². The van der Waals surface area contributed by atoms with Crippen LogP contribution in [-0.2, 0) is 12.6 Å². The second-order valence-electron chi connectivity index (χ2n) is 3.92. The van der Waals surface area contributed by atoms with Crippen molar-refractivity contribution in [2.24, 2.45) is 0 Å². The average molecular weight is 231 g/mol. The van der Waals surface area contributed by atoms with Gasteiger partial charge in [-0.2, -0.15) is 13.2 Å². The normalized spacial score (nSPS) is 13.8. The summed E-state index contributed by atoms with van der Waals surface area (Å²) in [5, 5.41) is 3.09. The molecule has 0 bridgehead atoms. The highest BCUT2D eigenvalue weighted by atomic mass is 19.4. The van der Waals surface area contributed by atoms with E-state index < -0.39 is 11.7 Å². The highest BCUT2D eigenvalue weighted by molar-refractivity contribution is 5.24. The third-order valence-electron chi connectivity index (χ3n) is 2.64. The summed E-state index contributed by atoms with van der Waals surface area (Å²) < 4.78 is 36.8. The summed E-state index contributed by atoms with van der Waals surface area (Å²) in [6, 6.07) is 5.75. The van der Waals surface area contributed by atoms with Crippen LogP contribution in [0.5, 0.6) is 0 Å². The number of benzene rings is 1. The Balaban J connectivity index is 2.58. The standard InChI is InChI=1S/C12H16F3N/c1-9(16-2)3-4-10-5-7-11(8-6-10)12(13,14)15/h5-9,16H,3-4H2,1-2H3. The molecule has 1 rings (SSSR count). The number of nitrogens with one attached hydrogen (secondary N) is 1. The van der Waals surface area contributed by atoms with E-state index in [-0.39, 0.29) is 0 Å². The molecule has 90 valence electrons. The fraction of sp³-hybridized carbons (Fsp3) is 0.500. The van der Waals surface area contributed by atoms with Crippen molar-refractivity contribution in [2.45, 2.75) is 32.0 Å². The molecular weight excluding hydrogens is 215 g/mol. The number of aryl methyl sites for hydroxylation is 1. The number of rotatable bonds is 4. The molecule has 0 saturated carbocycles. The first-order valence-corrected chi connectivity index (χ1v) is 5.27. The molecule has 1 aromatic rings. The Morgan fingerprint density at radius 3 is 2.19 bits per heavy atom. The lowest BCUT2D eigenvalue weighted by molar-refractivity contribution is -0.137. The molecule has 4 heteroatoms. The predicted molar refractivity (Wildman–Crippen MR) is 58.3 cm³/mol. The summed E-state index contributed by atoms with van der Waals surface area (Å²) in [5.74, 6) is 0. The van der Waals surface area contributed by atoms with Gasteiger partial charge in [-0.25, -0.2) is 0 Å². The average Bonchev–Trinajstić information content (AvgIpc) is 2.25. The van der Waals surface area contributed by atoms with Crippen LogP contribution in [0, 0.1) is 0 Å². The van der Waals surface area contributed by atoms with Crippen molar-refractivity contribution >= 4 is 0 Å².